The van der Waals surface area contributed by atoms with Gasteiger partial charge in [0.2, 0.25) is 0 Å². The normalized spacial score (nSPS) is 12.9. The Kier molecular flexibility index (Phi) is 6.57. The fourth-order valence-corrected chi connectivity index (χ4v) is 2.05. The predicted octanol–water partition coefficient (Wildman–Crippen LogP) is 2.42. The van der Waals surface area contributed by atoms with Crippen molar-refractivity contribution in [3.05, 3.63) is 27.4 Å². The quantitative estimate of drug-likeness (QED) is 0.840. The molecule has 4 nitrogen and oxygen atoms in total. The summed E-state index contributed by atoms with van der Waals surface area (Å²) >= 11 is 3.19. The van der Waals surface area contributed by atoms with E-state index in [2.05, 4.69) is 47.0 Å². The van der Waals surface area contributed by atoms with Gasteiger partial charge in [-0.3, -0.25) is 9.36 Å². The Morgan fingerprint density at radius 2 is 2.11 bits per heavy atom. The molecule has 0 spiro atoms. The maximum Gasteiger partial charge on any atom is 0.267 e. The first-order chi connectivity index (χ1) is 8.50. The second kappa shape index (κ2) is 7.69. The molecule has 0 aromatic carbocycles. The molecule has 0 aliphatic rings. The third-order valence-electron chi connectivity index (χ3n) is 2.88. The molecule has 18 heavy (non-hydrogen) atoms. The van der Waals surface area contributed by atoms with Crippen LogP contribution >= 0.6 is 15.9 Å². The molecule has 0 saturated carbocycles. The molecular weight excluding hydrogens is 294 g/mol. The van der Waals surface area contributed by atoms with Crippen LogP contribution in [0.25, 0.3) is 0 Å². The van der Waals surface area contributed by atoms with Gasteiger partial charge in [0.05, 0.1) is 6.33 Å². The van der Waals surface area contributed by atoms with Gasteiger partial charge in [-0.2, -0.15) is 0 Å². The Bertz CT molecular complexity index is 417. The Hall–Kier alpha value is -0.680. The Morgan fingerprint density at radius 1 is 1.39 bits per heavy atom. The molecule has 1 aromatic rings. The lowest BCUT2D eigenvalue weighted by atomic mass is 10.0. The van der Waals surface area contributed by atoms with E-state index in [4.69, 9.17) is 0 Å². The summed E-state index contributed by atoms with van der Waals surface area (Å²) in [7, 11) is 0. The van der Waals surface area contributed by atoms with Crippen molar-refractivity contribution < 1.29 is 0 Å². The molecule has 1 rings (SSSR count). The van der Waals surface area contributed by atoms with Gasteiger partial charge in [-0.15, -0.1) is 0 Å². The Balaban J connectivity index is 2.33. The van der Waals surface area contributed by atoms with Crippen LogP contribution in [0.2, 0.25) is 0 Å². The van der Waals surface area contributed by atoms with Crippen LogP contribution < -0.4 is 10.9 Å². The number of hydrogen-bond acceptors (Lipinski definition) is 3. The van der Waals surface area contributed by atoms with Gasteiger partial charge < -0.3 is 5.32 Å². The van der Waals surface area contributed by atoms with E-state index in [1.165, 1.54) is 19.0 Å². The standard InChI is InChI=1S/C13H22BrN3O/c1-10(2)4-5-11(3)16-6-7-17-9-15-8-12(14)13(17)18/h8-11,16H,4-7H2,1-3H3. The van der Waals surface area contributed by atoms with Crippen LogP contribution in [0.5, 0.6) is 0 Å². The molecule has 1 aromatic heterocycles. The molecule has 1 heterocycles. The highest BCUT2D eigenvalue weighted by Crippen LogP contribution is 2.06. The van der Waals surface area contributed by atoms with Crippen LogP contribution in [-0.4, -0.2) is 22.1 Å². The first-order valence-electron chi connectivity index (χ1n) is 6.44. The molecule has 1 unspecified atom stereocenters. The summed E-state index contributed by atoms with van der Waals surface area (Å²) in [6.45, 7) is 8.10. The molecule has 0 radical (unpaired) electrons. The summed E-state index contributed by atoms with van der Waals surface area (Å²) in [6.07, 6.45) is 5.50. The number of rotatable bonds is 7. The maximum absolute atomic E-state index is 11.7. The van der Waals surface area contributed by atoms with Crippen LogP contribution in [0.15, 0.2) is 21.8 Å². The lowest BCUT2D eigenvalue weighted by molar-refractivity contribution is 0.438. The topological polar surface area (TPSA) is 46.9 Å². The first-order valence-corrected chi connectivity index (χ1v) is 7.23. The highest BCUT2D eigenvalue weighted by Gasteiger charge is 2.04. The van der Waals surface area contributed by atoms with E-state index >= 15 is 0 Å². The first kappa shape index (κ1) is 15.4. The number of nitrogens with zero attached hydrogens (tertiary/aromatic N) is 2. The van der Waals surface area contributed by atoms with Crippen LogP contribution in [0.1, 0.15) is 33.6 Å². The second-order valence-corrected chi connectivity index (χ2v) is 5.92. The van der Waals surface area contributed by atoms with E-state index in [1.807, 2.05) is 0 Å². The summed E-state index contributed by atoms with van der Waals surface area (Å²) < 4.78 is 2.13. The lowest BCUT2D eigenvalue weighted by Crippen LogP contribution is -2.32. The van der Waals surface area contributed by atoms with Crippen molar-refractivity contribution in [3.8, 4) is 0 Å². The Labute approximate surface area is 117 Å². The summed E-state index contributed by atoms with van der Waals surface area (Å²) in [5.74, 6) is 0.742. The average molecular weight is 316 g/mol. The molecular formula is C13H22BrN3O. The van der Waals surface area contributed by atoms with E-state index in [-0.39, 0.29) is 5.56 Å². The highest BCUT2D eigenvalue weighted by molar-refractivity contribution is 9.10. The van der Waals surface area contributed by atoms with Gasteiger partial charge in [-0.25, -0.2) is 4.98 Å². The molecule has 0 aliphatic heterocycles. The summed E-state index contributed by atoms with van der Waals surface area (Å²) in [6, 6.07) is 0.489. The summed E-state index contributed by atoms with van der Waals surface area (Å²) in [5, 5.41) is 3.43. The fraction of sp³-hybridized carbons (Fsp3) is 0.692. The van der Waals surface area contributed by atoms with Crippen molar-refractivity contribution in [1.82, 2.24) is 14.9 Å². The fourth-order valence-electron chi connectivity index (χ4n) is 1.70. The molecule has 0 amide bonds. The minimum atomic E-state index is -0.0263. The minimum absolute atomic E-state index is 0.0263. The zero-order valence-corrected chi connectivity index (χ0v) is 12.9. The van der Waals surface area contributed by atoms with E-state index in [0.29, 0.717) is 17.1 Å². The lowest BCUT2D eigenvalue weighted by Gasteiger charge is -2.15. The number of halogens is 1. The van der Waals surface area contributed by atoms with E-state index in [1.54, 1.807) is 10.9 Å². The van der Waals surface area contributed by atoms with E-state index < -0.39 is 0 Å². The minimum Gasteiger partial charge on any atom is -0.312 e. The van der Waals surface area contributed by atoms with Crippen molar-refractivity contribution >= 4 is 15.9 Å². The van der Waals surface area contributed by atoms with Gasteiger partial charge in [0, 0.05) is 25.3 Å². The number of aromatic nitrogens is 2. The van der Waals surface area contributed by atoms with Gasteiger partial charge in [-0.1, -0.05) is 13.8 Å². The van der Waals surface area contributed by atoms with E-state index in [9.17, 15) is 4.79 Å². The molecule has 0 fully saturated rings. The monoisotopic (exact) mass is 315 g/mol. The average Bonchev–Trinajstić information content (AvgIpc) is 2.32. The molecule has 1 atom stereocenters. The SMILES string of the molecule is CC(C)CCC(C)NCCn1cncc(Br)c1=O. The molecule has 0 bridgehead atoms. The van der Waals surface area contributed by atoms with Crippen LogP contribution in [0.3, 0.4) is 0 Å². The van der Waals surface area contributed by atoms with Crippen molar-refractivity contribution in [2.45, 2.75) is 46.2 Å². The molecule has 0 saturated heterocycles. The third-order valence-corrected chi connectivity index (χ3v) is 3.43. The molecule has 0 aliphatic carbocycles. The zero-order chi connectivity index (χ0) is 13.5. The van der Waals surface area contributed by atoms with Crippen molar-refractivity contribution in [1.29, 1.82) is 0 Å². The van der Waals surface area contributed by atoms with Gasteiger partial charge in [-0.05, 0) is 41.6 Å². The van der Waals surface area contributed by atoms with E-state index in [0.717, 1.165) is 12.5 Å². The van der Waals surface area contributed by atoms with Crippen LogP contribution in [-0.2, 0) is 6.54 Å². The summed E-state index contributed by atoms with van der Waals surface area (Å²) in [5.41, 5.74) is -0.0263. The third kappa shape index (κ3) is 5.31. The molecule has 1 N–H and O–H groups in total. The predicted molar refractivity (Wildman–Crippen MR) is 77.7 cm³/mol. The van der Waals surface area contributed by atoms with Crippen molar-refractivity contribution in [3.63, 3.8) is 0 Å². The van der Waals surface area contributed by atoms with Gasteiger partial charge in [0.15, 0.2) is 0 Å². The highest BCUT2D eigenvalue weighted by atomic mass is 79.9. The number of nitrogens with one attached hydrogen (secondary N) is 1. The zero-order valence-electron chi connectivity index (χ0n) is 11.3. The van der Waals surface area contributed by atoms with Crippen molar-refractivity contribution in [2.75, 3.05) is 6.54 Å². The Morgan fingerprint density at radius 3 is 2.78 bits per heavy atom. The van der Waals surface area contributed by atoms with Gasteiger partial charge in [0.1, 0.15) is 4.47 Å². The van der Waals surface area contributed by atoms with Crippen LogP contribution in [0.4, 0.5) is 0 Å². The summed E-state index contributed by atoms with van der Waals surface area (Å²) in [4.78, 5) is 15.7. The van der Waals surface area contributed by atoms with Gasteiger partial charge in [0.25, 0.3) is 5.56 Å². The smallest absolute Gasteiger partial charge is 0.267 e. The molecule has 102 valence electrons. The number of hydrogen-bond donors (Lipinski definition) is 1. The largest absolute Gasteiger partial charge is 0.312 e. The second-order valence-electron chi connectivity index (χ2n) is 5.07. The van der Waals surface area contributed by atoms with Crippen LogP contribution in [0, 0.1) is 5.92 Å². The molecule has 5 heteroatoms. The van der Waals surface area contributed by atoms with Gasteiger partial charge >= 0.3 is 0 Å². The maximum atomic E-state index is 11.7. The van der Waals surface area contributed by atoms with Crippen molar-refractivity contribution in [2.24, 2.45) is 5.92 Å².